The largest absolute Gasteiger partial charge is 0.482 e. The molecule has 0 atom stereocenters. The highest BCUT2D eigenvalue weighted by Crippen LogP contribution is 2.31. The fourth-order valence-electron chi connectivity index (χ4n) is 1.47. The van der Waals surface area contributed by atoms with Crippen LogP contribution in [0.25, 0.3) is 0 Å². The molecule has 0 N–H and O–H groups in total. The first-order valence-electron chi connectivity index (χ1n) is 5.26. The number of ether oxygens (including phenoxy) is 2. The molecule has 1 aliphatic heterocycles. The average Bonchev–Trinajstić information content (AvgIpc) is 2.61. The maximum Gasteiger partial charge on any atom is 0.223 e. The number of hydrogen-bond donors (Lipinski definition) is 0. The van der Waals surface area contributed by atoms with Gasteiger partial charge in [0, 0.05) is 0 Å². The molecule has 0 fully saturated rings. The summed E-state index contributed by atoms with van der Waals surface area (Å²) in [5, 5.41) is 0.880. The van der Waals surface area contributed by atoms with Crippen molar-refractivity contribution in [3.8, 4) is 5.75 Å². The van der Waals surface area contributed by atoms with Crippen molar-refractivity contribution in [2.45, 2.75) is 19.4 Å². The number of aliphatic imine (C=N–C) groups is 1. The minimum Gasteiger partial charge on any atom is -0.482 e. The molecule has 2 rings (SSSR count). The Labute approximate surface area is 110 Å². The normalized spacial score (nSPS) is 17.5. The minimum absolute atomic E-state index is 0.170. The van der Waals surface area contributed by atoms with Crippen molar-refractivity contribution < 1.29 is 9.47 Å². The Bertz CT molecular complexity index is 458. The lowest BCUT2D eigenvalue weighted by Crippen LogP contribution is -2.17. The molecular weight excluding hydrogens is 261 g/mol. The molecule has 92 valence electrons. The van der Waals surface area contributed by atoms with Crippen LogP contribution in [0.4, 0.5) is 0 Å². The van der Waals surface area contributed by atoms with E-state index < -0.39 is 0 Å². The third-order valence-electron chi connectivity index (χ3n) is 2.29. The highest BCUT2D eigenvalue weighted by molar-refractivity contribution is 6.42. The van der Waals surface area contributed by atoms with Gasteiger partial charge < -0.3 is 9.47 Å². The number of benzene rings is 1. The van der Waals surface area contributed by atoms with E-state index >= 15 is 0 Å². The van der Waals surface area contributed by atoms with E-state index in [-0.39, 0.29) is 12.1 Å². The highest BCUT2D eigenvalue weighted by Gasteiger charge is 2.26. The molecule has 0 amide bonds. The molecule has 3 nitrogen and oxygen atoms in total. The molecule has 5 heteroatoms. The number of rotatable bonds is 3. The second kappa shape index (κ2) is 4.75. The summed E-state index contributed by atoms with van der Waals surface area (Å²) in [5.74, 6) is 1.13. The zero-order chi connectivity index (χ0) is 12.5. The van der Waals surface area contributed by atoms with Crippen LogP contribution in [0.15, 0.2) is 23.2 Å². The van der Waals surface area contributed by atoms with Crippen molar-refractivity contribution in [3.05, 3.63) is 28.2 Å². The van der Waals surface area contributed by atoms with E-state index in [2.05, 4.69) is 4.99 Å². The van der Waals surface area contributed by atoms with Crippen LogP contribution >= 0.6 is 23.2 Å². The molecule has 1 heterocycles. The molecule has 0 saturated heterocycles. The molecule has 0 bridgehead atoms. The summed E-state index contributed by atoms with van der Waals surface area (Å²) < 4.78 is 10.9. The number of nitrogens with zero attached hydrogens (tertiary/aromatic N) is 1. The first-order valence-corrected chi connectivity index (χ1v) is 6.02. The maximum atomic E-state index is 6.00. The first kappa shape index (κ1) is 12.5. The van der Waals surface area contributed by atoms with Crippen molar-refractivity contribution in [3.63, 3.8) is 0 Å². The van der Waals surface area contributed by atoms with Gasteiger partial charge in [0.2, 0.25) is 5.90 Å². The van der Waals surface area contributed by atoms with Crippen molar-refractivity contribution in [2.75, 3.05) is 13.2 Å². The van der Waals surface area contributed by atoms with Crippen molar-refractivity contribution >= 4 is 29.1 Å². The zero-order valence-corrected chi connectivity index (χ0v) is 11.2. The number of halogens is 2. The molecule has 17 heavy (non-hydrogen) atoms. The van der Waals surface area contributed by atoms with Gasteiger partial charge in [-0.25, -0.2) is 4.99 Å². The lowest BCUT2D eigenvalue weighted by Gasteiger charge is -2.08. The van der Waals surface area contributed by atoms with Crippen molar-refractivity contribution in [1.82, 2.24) is 0 Å². The van der Waals surface area contributed by atoms with Gasteiger partial charge in [0.05, 0.1) is 10.6 Å². The lowest BCUT2D eigenvalue weighted by atomic mass is 10.1. The highest BCUT2D eigenvalue weighted by atomic mass is 35.5. The Morgan fingerprint density at radius 2 is 2.18 bits per heavy atom. The topological polar surface area (TPSA) is 30.8 Å². The second-order valence-corrected chi connectivity index (χ2v) is 5.23. The lowest BCUT2D eigenvalue weighted by molar-refractivity contribution is 0.255. The van der Waals surface area contributed by atoms with E-state index in [4.69, 9.17) is 32.7 Å². The monoisotopic (exact) mass is 273 g/mol. The Morgan fingerprint density at radius 1 is 1.41 bits per heavy atom. The summed E-state index contributed by atoms with van der Waals surface area (Å²) >= 11 is 11.9. The van der Waals surface area contributed by atoms with Crippen LogP contribution in [0.5, 0.6) is 5.75 Å². The Balaban J connectivity index is 2.02. The van der Waals surface area contributed by atoms with Crippen LogP contribution in [0.1, 0.15) is 13.8 Å². The third kappa shape index (κ3) is 3.05. The van der Waals surface area contributed by atoms with Gasteiger partial charge in [-0.15, -0.1) is 0 Å². The van der Waals surface area contributed by atoms with Crippen molar-refractivity contribution in [1.29, 1.82) is 0 Å². The van der Waals surface area contributed by atoms with E-state index in [1.807, 2.05) is 13.8 Å². The quantitative estimate of drug-likeness (QED) is 0.843. The Kier molecular flexibility index (Phi) is 3.50. The van der Waals surface area contributed by atoms with Crippen LogP contribution in [0, 0.1) is 0 Å². The van der Waals surface area contributed by atoms with E-state index in [1.54, 1.807) is 18.2 Å². The molecule has 0 aromatic heterocycles. The second-order valence-electron chi connectivity index (χ2n) is 4.45. The van der Waals surface area contributed by atoms with Crippen LogP contribution < -0.4 is 4.74 Å². The SMILES string of the molecule is CC1(C)COC(COc2cccc(Cl)c2Cl)=N1. The summed E-state index contributed by atoms with van der Waals surface area (Å²) in [4.78, 5) is 4.38. The van der Waals surface area contributed by atoms with Crippen LogP contribution in [0.3, 0.4) is 0 Å². The molecule has 0 saturated carbocycles. The van der Waals surface area contributed by atoms with Crippen molar-refractivity contribution in [2.24, 2.45) is 4.99 Å². The van der Waals surface area contributed by atoms with E-state index in [9.17, 15) is 0 Å². The predicted octanol–water partition coefficient (Wildman–Crippen LogP) is 3.58. The first-order chi connectivity index (χ1) is 7.98. The Morgan fingerprint density at radius 3 is 2.82 bits per heavy atom. The van der Waals surface area contributed by atoms with Crippen LogP contribution in [-0.4, -0.2) is 24.7 Å². The van der Waals surface area contributed by atoms with E-state index in [1.165, 1.54) is 0 Å². The number of hydrogen-bond acceptors (Lipinski definition) is 3. The summed E-state index contributed by atoms with van der Waals surface area (Å²) in [5.41, 5.74) is -0.170. The Hall–Kier alpha value is -0.930. The van der Waals surface area contributed by atoms with E-state index in [0.29, 0.717) is 28.3 Å². The van der Waals surface area contributed by atoms with E-state index in [0.717, 1.165) is 0 Å². The third-order valence-corrected chi connectivity index (χ3v) is 3.09. The molecule has 1 aromatic carbocycles. The van der Waals surface area contributed by atoms with Gasteiger partial charge >= 0.3 is 0 Å². The van der Waals surface area contributed by atoms with Gasteiger partial charge in [-0.1, -0.05) is 29.3 Å². The van der Waals surface area contributed by atoms with Gasteiger partial charge in [0.15, 0.2) is 6.61 Å². The molecule has 0 unspecified atom stereocenters. The zero-order valence-electron chi connectivity index (χ0n) is 9.67. The molecule has 0 spiro atoms. The molecule has 0 radical (unpaired) electrons. The molecule has 1 aromatic rings. The fourth-order valence-corrected chi connectivity index (χ4v) is 1.82. The molecule has 0 aliphatic carbocycles. The van der Waals surface area contributed by atoms with Crippen LogP contribution in [-0.2, 0) is 4.74 Å². The van der Waals surface area contributed by atoms with Gasteiger partial charge in [0.25, 0.3) is 0 Å². The standard InChI is InChI=1S/C12H13Cl2NO2/c1-12(2)7-17-10(15-12)6-16-9-5-3-4-8(13)11(9)14/h3-5H,6-7H2,1-2H3. The predicted molar refractivity (Wildman–Crippen MR) is 69.4 cm³/mol. The van der Waals surface area contributed by atoms with Gasteiger partial charge in [0.1, 0.15) is 17.4 Å². The fraction of sp³-hybridized carbons (Fsp3) is 0.417. The van der Waals surface area contributed by atoms with Gasteiger partial charge in [-0.3, -0.25) is 0 Å². The van der Waals surface area contributed by atoms with Crippen LogP contribution in [0.2, 0.25) is 10.0 Å². The average molecular weight is 274 g/mol. The molecule has 1 aliphatic rings. The maximum absolute atomic E-state index is 6.00. The summed E-state index contributed by atoms with van der Waals surface area (Å²) in [6.45, 7) is 4.86. The summed E-state index contributed by atoms with van der Waals surface area (Å²) in [7, 11) is 0. The minimum atomic E-state index is -0.170. The van der Waals surface area contributed by atoms with Gasteiger partial charge in [-0.2, -0.15) is 0 Å². The molecular formula is C12H13Cl2NO2. The summed E-state index contributed by atoms with van der Waals surface area (Å²) in [6.07, 6.45) is 0. The van der Waals surface area contributed by atoms with Gasteiger partial charge in [-0.05, 0) is 26.0 Å². The summed E-state index contributed by atoms with van der Waals surface area (Å²) in [6, 6.07) is 5.25. The smallest absolute Gasteiger partial charge is 0.223 e.